The first-order valence-corrected chi connectivity index (χ1v) is 4.76. The Labute approximate surface area is 81.5 Å². The van der Waals surface area contributed by atoms with Gasteiger partial charge in [-0.2, -0.15) is 0 Å². The highest BCUT2D eigenvalue weighted by molar-refractivity contribution is 14.1. The average molecular weight is 258 g/mol. The Hall–Kier alpha value is -0.310. The quantitative estimate of drug-likeness (QED) is 0.575. The van der Waals surface area contributed by atoms with Crippen LogP contribution in [0, 0.1) is 3.57 Å². The second kappa shape index (κ2) is 4.54. The van der Waals surface area contributed by atoms with Crippen LogP contribution in [0.3, 0.4) is 0 Å². The minimum Gasteiger partial charge on any atom is -0.103 e. The summed E-state index contributed by atoms with van der Waals surface area (Å²) >= 11 is 2.33. The largest absolute Gasteiger partial charge is 0.103 e. The van der Waals surface area contributed by atoms with Gasteiger partial charge in [-0.15, -0.1) is 6.58 Å². The number of benzene rings is 1. The Bertz CT molecular complexity index is 240. The molecule has 0 aliphatic rings. The monoisotopic (exact) mass is 258 g/mol. The van der Waals surface area contributed by atoms with E-state index in [1.54, 1.807) is 0 Å². The van der Waals surface area contributed by atoms with E-state index in [1.807, 2.05) is 6.08 Å². The Kier molecular flexibility index (Phi) is 3.63. The number of allylic oxidation sites excluding steroid dienone is 1. The van der Waals surface area contributed by atoms with Crippen molar-refractivity contribution in [2.45, 2.75) is 12.8 Å². The van der Waals surface area contributed by atoms with Crippen LogP contribution in [0.1, 0.15) is 12.0 Å². The van der Waals surface area contributed by atoms with Crippen molar-refractivity contribution in [2.24, 2.45) is 0 Å². The third-order valence-electron chi connectivity index (χ3n) is 1.53. The molecule has 0 nitrogen and oxygen atoms in total. The van der Waals surface area contributed by atoms with E-state index < -0.39 is 0 Å². The smallest absolute Gasteiger partial charge is 0.0133 e. The van der Waals surface area contributed by atoms with Crippen LogP contribution >= 0.6 is 22.6 Å². The Balaban J connectivity index is 2.63. The molecule has 0 saturated carbocycles. The first-order valence-electron chi connectivity index (χ1n) is 3.68. The zero-order valence-corrected chi connectivity index (χ0v) is 8.54. The molecule has 0 bridgehead atoms. The lowest BCUT2D eigenvalue weighted by Gasteiger charge is -1.97. The second-order valence-corrected chi connectivity index (χ2v) is 3.70. The van der Waals surface area contributed by atoms with Gasteiger partial charge in [0.15, 0.2) is 0 Å². The molecule has 0 spiro atoms. The molecule has 0 radical (unpaired) electrons. The van der Waals surface area contributed by atoms with Crippen molar-refractivity contribution in [2.75, 3.05) is 0 Å². The Morgan fingerprint density at radius 1 is 1.45 bits per heavy atom. The first kappa shape index (κ1) is 8.78. The summed E-state index contributed by atoms with van der Waals surface area (Å²) in [5, 5.41) is 0. The fourth-order valence-electron chi connectivity index (χ4n) is 0.961. The van der Waals surface area contributed by atoms with E-state index in [-0.39, 0.29) is 0 Å². The summed E-state index contributed by atoms with van der Waals surface area (Å²) in [6.45, 7) is 3.70. The molecular formula is C10H11I. The van der Waals surface area contributed by atoms with Crippen molar-refractivity contribution in [3.05, 3.63) is 46.1 Å². The number of rotatable bonds is 3. The van der Waals surface area contributed by atoms with Gasteiger partial charge in [-0.25, -0.2) is 0 Å². The van der Waals surface area contributed by atoms with Crippen LogP contribution in [0.4, 0.5) is 0 Å². The number of aryl methyl sites for hydroxylation is 1. The predicted octanol–water partition coefficient (Wildman–Crippen LogP) is 3.41. The van der Waals surface area contributed by atoms with E-state index in [0.717, 1.165) is 12.8 Å². The third kappa shape index (κ3) is 3.06. The zero-order valence-electron chi connectivity index (χ0n) is 6.39. The summed E-state index contributed by atoms with van der Waals surface area (Å²) < 4.78 is 1.31. The van der Waals surface area contributed by atoms with Gasteiger partial charge in [0.05, 0.1) is 0 Å². The standard InChI is InChI=1S/C10H11I/c1-2-3-5-9-6-4-7-10(11)8-9/h2,4,6-8H,1,3,5H2. The van der Waals surface area contributed by atoms with Crippen molar-refractivity contribution in [1.29, 1.82) is 0 Å². The molecule has 58 valence electrons. The van der Waals surface area contributed by atoms with E-state index in [1.165, 1.54) is 9.13 Å². The zero-order chi connectivity index (χ0) is 8.10. The summed E-state index contributed by atoms with van der Waals surface area (Å²) in [5.74, 6) is 0. The molecule has 0 saturated heterocycles. The van der Waals surface area contributed by atoms with Gasteiger partial charge in [-0.05, 0) is 53.1 Å². The van der Waals surface area contributed by atoms with Gasteiger partial charge in [0.2, 0.25) is 0 Å². The molecule has 0 amide bonds. The molecule has 1 heteroatoms. The molecule has 0 fully saturated rings. The van der Waals surface area contributed by atoms with Crippen molar-refractivity contribution in [3.8, 4) is 0 Å². The van der Waals surface area contributed by atoms with Gasteiger partial charge in [-0.1, -0.05) is 18.2 Å². The fourth-order valence-corrected chi connectivity index (χ4v) is 1.57. The highest BCUT2D eigenvalue weighted by Gasteiger charge is 1.90. The summed E-state index contributed by atoms with van der Waals surface area (Å²) in [5.41, 5.74) is 1.40. The summed E-state index contributed by atoms with van der Waals surface area (Å²) in [7, 11) is 0. The minimum absolute atomic E-state index is 1.07. The van der Waals surface area contributed by atoms with Crippen molar-refractivity contribution >= 4 is 22.6 Å². The van der Waals surface area contributed by atoms with Crippen LogP contribution in [0.5, 0.6) is 0 Å². The lowest BCUT2D eigenvalue weighted by atomic mass is 10.1. The van der Waals surface area contributed by atoms with E-state index in [0.29, 0.717) is 0 Å². The van der Waals surface area contributed by atoms with E-state index >= 15 is 0 Å². The van der Waals surface area contributed by atoms with Gasteiger partial charge in [0.25, 0.3) is 0 Å². The van der Waals surface area contributed by atoms with Gasteiger partial charge < -0.3 is 0 Å². The first-order chi connectivity index (χ1) is 5.33. The molecular weight excluding hydrogens is 247 g/mol. The van der Waals surface area contributed by atoms with Crippen LogP contribution in [0.15, 0.2) is 36.9 Å². The number of hydrogen-bond donors (Lipinski definition) is 0. The Morgan fingerprint density at radius 3 is 2.91 bits per heavy atom. The summed E-state index contributed by atoms with van der Waals surface area (Å²) in [6, 6.07) is 8.58. The molecule has 11 heavy (non-hydrogen) atoms. The molecule has 0 aromatic heterocycles. The molecule has 0 heterocycles. The number of halogens is 1. The molecule has 0 aliphatic carbocycles. The molecule has 0 N–H and O–H groups in total. The number of hydrogen-bond acceptors (Lipinski definition) is 0. The molecule has 0 unspecified atom stereocenters. The van der Waals surface area contributed by atoms with Gasteiger partial charge in [0, 0.05) is 3.57 Å². The fraction of sp³-hybridized carbons (Fsp3) is 0.200. The van der Waals surface area contributed by atoms with Gasteiger partial charge in [0.1, 0.15) is 0 Å². The predicted molar refractivity (Wildman–Crippen MR) is 57.7 cm³/mol. The van der Waals surface area contributed by atoms with Crippen LogP contribution < -0.4 is 0 Å². The lowest BCUT2D eigenvalue weighted by molar-refractivity contribution is 1.00. The normalized spacial score (nSPS) is 9.55. The van der Waals surface area contributed by atoms with Crippen molar-refractivity contribution < 1.29 is 0 Å². The molecule has 1 rings (SSSR count). The van der Waals surface area contributed by atoms with Crippen LogP contribution in [0.2, 0.25) is 0 Å². The summed E-state index contributed by atoms with van der Waals surface area (Å²) in [6.07, 6.45) is 4.14. The Morgan fingerprint density at radius 2 is 2.27 bits per heavy atom. The van der Waals surface area contributed by atoms with Crippen LogP contribution in [0.25, 0.3) is 0 Å². The van der Waals surface area contributed by atoms with Crippen LogP contribution in [-0.2, 0) is 6.42 Å². The molecule has 0 aliphatic heterocycles. The highest BCUT2D eigenvalue weighted by Crippen LogP contribution is 2.09. The van der Waals surface area contributed by atoms with Crippen molar-refractivity contribution in [1.82, 2.24) is 0 Å². The minimum atomic E-state index is 1.07. The highest BCUT2D eigenvalue weighted by atomic mass is 127. The summed E-state index contributed by atoms with van der Waals surface area (Å²) in [4.78, 5) is 0. The van der Waals surface area contributed by atoms with Crippen LogP contribution in [-0.4, -0.2) is 0 Å². The maximum Gasteiger partial charge on any atom is 0.0133 e. The van der Waals surface area contributed by atoms with E-state index in [4.69, 9.17) is 0 Å². The lowest BCUT2D eigenvalue weighted by Crippen LogP contribution is -1.82. The maximum absolute atomic E-state index is 3.70. The third-order valence-corrected chi connectivity index (χ3v) is 2.20. The topological polar surface area (TPSA) is 0 Å². The molecule has 1 aromatic carbocycles. The van der Waals surface area contributed by atoms with E-state index in [9.17, 15) is 0 Å². The molecule has 0 atom stereocenters. The second-order valence-electron chi connectivity index (χ2n) is 2.46. The maximum atomic E-state index is 3.70. The van der Waals surface area contributed by atoms with Gasteiger partial charge >= 0.3 is 0 Å². The van der Waals surface area contributed by atoms with Gasteiger partial charge in [-0.3, -0.25) is 0 Å². The SMILES string of the molecule is C=CCCc1cccc(I)c1. The van der Waals surface area contributed by atoms with Crippen molar-refractivity contribution in [3.63, 3.8) is 0 Å². The molecule has 1 aromatic rings. The van der Waals surface area contributed by atoms with E-state index in [2.05, 4.69) is 53.4 Å². The average Bonchev–Trinajstić information content (AvgIpc) is 2.01.